The zero-order valence-electron chi connectivity index (χ0n) is 5.58. The molecular weight excluding hydrogens is 187 g/mol. The summed E-state index contributed by atoms with van der Waals surface area (Å²) in [5.41, 5.74) is 4.29. The molecule has 0 aliphatic carbocycles. The fraction of sp³-hybridized carbons (Fsp3) is 0.750. The average molecular weight is 192 g/mol. The third kappa shape index (κ3) is 2.89. The van der Waals surface area contributed by atoms with Gasteiger partial charge in [-0.25, -0.2) is 4.79 Å². The number of carbonyl (C=O) groups is 1. The van der Waals surface area contributed by atoms with Crippen molar-refractivity contribution in [1.82, 2.24) is 5.32 Å². The Balaban J connectivity index is 4.14. The molecule has 72 valence electrons. The van der Waals surface area contributed by atoms with Crippen LogP contribution < -0.4 is 11.1 Å². The van der Waals surface area contributed by atoms with E-state index in [9.17, 15) is 26.7 Å². The van der Waals surface area contributed by atoms with Gasteiger partial charge in [0.2, 0.25) is 0 Å². The molecule has 0 fully saturated rings. The van der Waals surface area contributed by atoms with E-state index < -0.39 is 24.7 Å². The summed E-state index contributed by atoms with van der Waals surface area (Å²) in [4.78, 5) is 9.78. The Bertz CT molecular complexity index is 177. The number of amides is 2. The van der Waals surface area contributed by atoms with Gasteiger partial charge in [0.1, 0.15) is 0 Å². The van der Waals surface area contributed by atoms with Gasteiger partial charge in [-0.1, -0.05) is 0 Å². The van der Waals surface area contributed by atoms with Gasteiger partial charge in [0, 0.05) is 0 Å². The molecule has 0 aliphatic rings. The Morgan fingerprint density at radius 2 is 1.67 bits per heavy atom. The number of rotatable bonds is 2. The highest BCUT2D eigenvalue weighted by Crippen LogP contribution is 2.34. The third-order valence-electron chi connectivity index (χ3n) is 0.899. The van der Waals surface area contributed by atoms with E-state index in [1.54, 1.807) is 0 Å². The summed E-state index contributed by atoms with van der Waals surface area (Å²) in [6.45, 7) is -1.84. The monoisotopic (exact) mass is 192 g/mol. The predicted molar refractivity (Wildman–Crippen MR) is 28.6 cm³/mol. The molecule has 0 heterocycles. The molecule has 0 saturated heterocycles. The fourth-order valence-electron chi connectivity index (χ4n) is 0.298. The maximum absolute atomic E-state index is 11.9. The molecule has 8 heteroatoms. The maximum Gasteiger partial charge on any atom is 0.455 e. The number of nitrogens with one attached hydrogen (secondary N) is 1. The Hall–Kier alpha value is -1.08. The molecule has 12 heavy (non-hydrogen) atoms. The van der Waals surface area contributed by atoms with Gasteiger partial charge >= 0.3 is 18.1 Å². The van der Waals surface area contributed by atoms with Crippen LogP contribution in [-0.4, -0.2) is 24.7 Å². The van der Waals surface area contributed by atoms with Crippen LogP contribution in [0.15, 0.2) is 0 Å². The molecule has 0 aliphatic heterocycles. The number of carbonyl (C=O) groups excluding carboxylic acids is 1. The number of urea groups is 1. The second-order valence-corrected chi connectivity index (χ2v) is 1.92. The van der Waals surface area contributed by atoms with E-state index in [1.165, 1.54) is 0 Å². The summed E-state index contributed by atoms with van der Waals surface area (Å²) in [6, 6.07) is -1.43. The summed E-state index contributed by atoms with van der Waals surface area (Å²) in [5.74, 6) is -4.94. The van der Waals surface area contributed by atoms with Crippen LogP contribution >= 0.6 is 0 Å². The largest absolute Gasteiger partial charge is 0.455 e. The van der Waals surface area contributed by atoms with Crippen LogP contribution in [0.4, 0.5) is 26.7 Å². The lowest BCUT2D eigenvalue weighted by molar-refractivity contribution is -0.278. The lowest BCUT2D eigenvalue weighted by atomic mass is 10.3. The van der Waals surface area contributed by atoms with Gasteiger partial charge in [0.15, 0.2) is 0 Å². The first-order valence-corrected chi connectivity index (χ1v) is 2.64. The molecule has 0 bridgehead atoms. The fourth-order valence-corrected chi connectivity index (χ4v) is 0.298. The van der Waals surface area contributed by atoms with Crippen molar-refractivity contribution in [3.8, 4) is 0 Å². The van der Waals surface area contributed by atoms with Gasteiger partial charge in [-0.15, -0.1) is 0 Å². The topological polar surface area (TPSA) is 55.1 Å². The van der Waals surface area contributed by atoms with Gasteiger partial charge < -0.3 is 11.1 Å². The predicted octanol–water partition coefficient (Wildman–Crippen LogP) is 0.852. The second kappa shape index (κ2) is 3.11. The minimum absolute atomic E-state index is 1.16. The molecule has 0 atom stereocenters. The zero-order chi connectivity index (χ0) is 9.99. The smallest absolute Gasteiger partial charge is 0.352 e. The average Bonchev–Trinajstić information content (AvgIpc) is 1.81. The maximum atomic E-state index is 11.9. The molecule has 3 nitrogen and oxygen atoms in total. The van der Waals surface area contributed by atoms with Crippen LogP contribution in [0.1, 0.15) is 0 Å². The van der Waals surface area contributed by atoms with E-state index in [1.807, 2.05) is 0 Å². The van der Waals surface area contributed by atoms with Crippen molar-refractivity contribution in [3.63, 3.8) is 0 Å². The highest BCUT2D eigenvalue weighted by molar-refractivity contribution is 5.71. The number of hydrogen-bond acceptors (Lipinski definition) is 1. The van der Waals surface area contributed by atoms with Crippen molar-refractivity contribution in [1.29, 1.82) is 0 Å². The number of primary amides is 1. The first-order chi connectivity index (χ1) is 5.17. The van der Waals surface area contributed by atoms with Crippen molar-refractivity contribution in [3.05, 3.63) is 0 Å². The summed E-state index contributed by atoms with van der Waals surface area (Å²) in [6.07, 6.45) is -5.67. The standard InChI is InChI=1S/C4H5F5N2O/c5-3(6,4(7,8)9)1-11-2(10)12/h1H2,(H3,10,11,12). The van der Waals surface area contributed by atoms with E-state index in [-0.39, 0.29) is 0 Å². The van der Waals surface area contributed by atoms with E-state index in [4.69, 9.17) is 0 Å². The molecule has 0 spiro atoms. The summed E-state index contributed by atoms with van der Waals surface area (Å²) in [5, 5.41) is 1.16. The normalized spacial score (nSPS) is 12.8. The van der Waals surface area contributed by atoms with E-state index >= 15 is 0 Å². The zero-order valence-corrected chi connectivity index (χ0v) is 5.58. The number of halogens is 5. The molecule has 3 N–H and O–H groups in total. The van der Waals surface area contributed by atoms with Gasteiger partial charge in [-0.05, 0) is 0 Å². The summed E-state index contributed by atoms with van der Waals surface area (Å²) < 4.78 is 57.8. The summed E-state index contributed by atoms with van der Waals surface area (Å²) >= 11 is 0. The lowest BCUT2D eigenvalue weighted by Gasteiger charge is -2.18. The first-order valence-electron chi connectivity index (χ1n) is 2.64. The molecule has 0 aromatic rings. The minimum atomic E-state index is -5.67. The van der Waals surface area contributed by atoms with Crippen LogP contribution in [0.2, 0.25) is 0 Å². The minimum Gasteiger partial charge on any atom is -0.352 e. The van der Waals surface area contributed by atoms with Crippen LogP contribution in [0.25, 0.3) is 0 Å². The van der Waals surface area contributed by atoms with Crippen molar-refractivity contribution in [2.75, 3.05) is 6.54 Å². The Morgan fingerprint density at radius 3 is 1.92 bits per heavy atom. The second-order valence-electron chi connectivity index (χ2n) is 1.92. The SMILES string of the molecule is NC(=O)NCC(F)(F)C(F)(F)F. The van der Waals surface area contributed by atoms with Gasteiger partial charge in [-0.3, -0.25) is 0 Å². The van der Waals surface area contributed by atoms with Crippen molar-refractivity contribution in [2.24, 2.45) is 5.73 Å². The van der Waals surface area contributed by atoms with Crippen LogP contribution in [0.5, 0.6) is 0 Å². The lowest BCUT2D eigenvalue weighted by Crippen LogP contribution is -2.48. The van der Waals surface area contributed by atoms with E-state index in [0.717, 1.165) is 5.32 Å². The van der Waals surface area contributed by atoms with Crippen molar-refractivity contribution >= 4 is 6.03 Å². The van der Waals surface area contributed by atoms with Crippen LogP contribution in [-0.2, 0) is 0 Å². The number of nitrogens with two attached hydrogens (primary N) is 1. The highest BCUT2D eigenvalue weighted by Gasteiger charge is 2.57. The Kier molecular flexibility index (Phi) is 2.83. The molecule has 0 aromatic heterocycles. The number of alkyl halides is 5. The first kappa shape index (κ1) is 10.9. The molecule has 2 amide bonds. The van der Waals surface area contributed by atoms with Gasteiger partial charge in [0.25, 0.3) is 0 Å². The van der Waals surface area contributed by atoms with E-state index in [2.05, 4.69) is 5.73 Å². The van der Waals surface area contributed by atoms with Crippen LogP contribution in [0.3, 0.4) is 0 Å². The molecular formula is C4H5F5N2O. The highest BCUT2D eigenvalue weighted by atomic mass is 19.4. The molecule has 0 radical (unpaired) electrons. The van der Waals surface area contributed by atoms with Crippen molar-refractivity contribution in [2.45, 2.75) is 12.1 Å². The molecule has 0 unspecified atom stereocenters. The van der Waals surface area contributed by atoms with Gasteiger partial charge in [-0.2, -0.15) is 22.0 Å². The van der Waals surface area contributed by atoms with E-state index in [0.29, 0.717) is 0 Å². The number of hydrogen-bond donors (Lipinski definition) is 2. The van der Waals surface area contributed by atoms with Gasteiger partial charge in [0.05, 0.1) is 6.54 Å². The molecule has 0 rings (SSSR count). The third-order valence-corrected chi connectivity index (χ3v) is 0.899. The summed E-state index contributed by atoms with van der Waals surface area (Å²) in [7, 11) is 0. The van der Waals surface area contributed by atoms with Crippen molar-refractivity contribution < 1.29 is 26.7 Å². The van der Waals surface area contributed by atoms with Crippen LogP contribution in [0, 0.1) is 0 Å². The molecule has 0 aromatic carbocycles. The quantitative estimate of drug-likeness (QED) is 0.626. The molecule has 0 saturated carbocycles. The Labute approximate surface area is 63.7 Å². The Morgan fingerprint density at radius 1 is 1.25 bits per heavy atom.